The summed E-state index contributed by atoms with van der Waals surface area (Å²) in [6.07, 6.45) is 14.2. The molecule has 1 saturated heterocycles. The number of rotatable bonds is 15. The molecule has 0 aromatic heterocycles. The molecule has 144 valence electrons. The highest BCUT2D eigenvalue weighted by Crippen LogP contribution is 2.11. The van der Waals surface area contributed by atoms with Crippen LogP contribution in [0.3, 0.4) is 0 Å². The van der Waals surface area contributed by atoms with Crippen LogP contribution >= 0.6 is 0 Å². The quantitative estimate of drug-likeness (QED) is 0.448. The standard InChI is InChI=1S/C20H42N2O2/c1-2-3-4-5-6-7-8-9-10-11-13-21-15-17-22(18-16-21)14-12-20(24)19-23/h20,23-24H,2-19H2,1H3. The van der Waals surface area contributed by atoms with Crippen molar-refractivity contribution < 1.29 is 10.2 Å². The van der Waals surface area contributed by atoms with Crippen LogP contribution in [0.15, 0.2) is 0 Å². The van der Waals surface area contributed by atoms with E-state index >= 15 is 0 Å². The average molecular weight is 343 g/mol. The molecule has 1 rings (SSSR count). The van der Waals surface area contributed by atoms with Crippen molar-refractivity contribution in [3.63, 3.8) is 0 Å². The van der Waals surface area contributed by atoms with E-state index in [1.54, 1.807) is 0 Å². The summed E-state index contributed by atoms with van der Waals surface area (Å²) in [6, 6.07) is 0. The lowest BCUT2D eigenvalue weighted by atomic mass is 10.1. The minimum Gasteiger partial charge on any atom is -0.394 e. The van der Waals surface area contributed by atoms with Crippen molar-refractivity contribution in [3.8, 4) is 0 Å². The van der Waals surface area contributed by atoms with Crippen LogP contribution in [-0.4, -0.2) is 72.0 Å². The van der Waals surface area contributed by atoms with Gasteiger partial charge in [0.25, 0.3) is 0 Å². The lowest BCUT2D eigenvalue weighted by Gasteiger charge is -2.35. The summed E-state index contributed by atoms with van der Waals surface area (Å²) >= 11 is 0. The van der Waals surface area contributed by atoms with Gasteiger partial charge in [-0.15, -0.1) is 0 Å². The molecule has 0 saturated carbocycles. The number of hydrogen-bond donors (Lipinski definition) is 2. The van der Waals surface area contributed by atoms with Gasteiger partial charge in [0.15, 0.2) is 0 Å². The molecule has 24 heavy (non-hydrogen) atoms. The van der Waals surface area contributed by atoms with Crippen molar-refractivity contribution >= 4 is 0 Å². The predicted molar refractivity (Wildman–Crippen MR) is 102 cm³/mol. The maximum absolute atomic E-state index is 9.41. The highest BCUT2D eigenvalue weighted by atomic mass is 16.3. The van der Waals surface area contributed by atoms with E-state index in [0.29, 0.717) is 6.42 Å². The summed E-state index contributed by atoms with van der Waals surface area (Å²) in [5, 5.41) is 18.3. The number of aliphatic hydroxyl groups excluding tert-OH is 2. The molecule has 0 amide bonds. The fourth-order valence-electron chi connectivity index (χ4n) is 3.48. The molecule has 1 fully saturated rings. The molecule has 1 atom stereocenters. The van der Waals surface area contributed by atoms with Crippen LogP contribution in [0, 0.1) is 0 Å². The molecule has 1 aliphatic rings. The summed E-state index contributed by atoms with van der Waals surface area (Å²) in [6.45, 7) is 8.86. The normalized spacial score (nSPS) is 18.1. The molecule has 4 heteroatoms. The first-order valence-corrected chi connectivity index (χ1v) is 10.5. The third-order valence-corrected chi connectivity index (χ3v) is 5.28. The number of unbranched alkanes of at least 4 members (excludes halogenated alkanes) is 9. The lowest BCUT2D eigenvalue weighted by molar-refractivity contribution is 0.0658. The Morgan fingerprint density at radius 2 is 1.17 bits per heavy atom. The Hall–Kier alpha value is -0.160. The van der Waals surface area contributed by atoms with Crippen LogP contribution in [-0.2, 0) is 0 Å². The Bertz CT molecular complexity index is 268. The van der Waals surface area contributed by atoms with E-state index in [9.17, 15) is 5.11 Å². The maximum atomic E-state index is 9.41. The topological polar surface area (TPSA) is 46.9 Å². The van der Waals surface area contributed by atoms with E-state index in [0.717, 1.165) is 32.7 Å². The van der Waals surface area contributed by atoms with Crippen LogP contribution in [0.25, 0.3) is 0 Å². The molecular weight excluding hydrogens is 300 g/mol. The summed E-state index contributed by atoms with van der Waals surface area (Å²) in [4.78, 5) is 5.00. The molecule has 1 heterocycles. The number of piperazine rings is 1. The van der Waals surface area contributed by atoms with Crippen molar-refractivity contribution in [2.45, 2.75) is 83.7 Å². The van der Waals surface area contributed by atoms with Gasteiger partial charge in [-0.3, -0.25) is 0 Å². The van der Waals surface area contributed by atoms with Crippen molar-refractivity contribution in [3.05, 3.63) is 0 Å². The van der Waals surface area contributed by atoms with Crippen LogP contribution in [0.4, 0.5) is 0 Å². The van der Waals surface area contributed by atoms with Gasteiger partial charge in [-0.05, 0) is 19.4 Å². The molecule has 4 nitrogen and oxygen atoms in total. The Morgan fingerprint density at radius 3 is 1.67 bits per heavy atom. The van der Waals surface area contributed by atoms with Crippen molar-refractivity contribution in [1.29, 1.82) is 0 Å². The molecule has 1 unspecified atom stereocenters. The molecule has 2 N–H and O–H groups in total. The van der Waals surface area contributed by atoms with Crippen LogP contribution in [0.5, 0.6) is 0 Å². The monoisotopic (exact) mass is 342 g/mol. The third-order valence-electron chi connectivity index (χ3n) is 5.28. The Kier molecular flexibility index (Phi) is 13.8. The number of hydrogen-bond acceptors (Lipinski definition) is 4. The third kappa shape index (κ3) is 11.4. The first kappa shape index (κ1) is 21.9. The Balaban J connectivity index is 1.86. The van der Waals surface area contributed by atoms with Gasteiger partial charge in [0.2, 0.25) is 0 Å². The Labute approximate surface area is 150 Å². The minimum absolute atomic E-state index is 0.112. The zero-order valence-corrected chi connectivity index (χ0v) is 16.1. The largest absolute Gasteiger partial charge is 0.394 e. The average Bonchev–Trinajstić information content (AvgIpc) is 2.62. The van der Waals surface area contributed by atoms with Crippen LogP contribution < -0.4 is 0 Å². The van der Waals surface area contributed by atoms with Gasteiger partial charge in [-0.1, -0.05) is 64.7 Å². The van der Waals surface area contributed by atoms with Crippen molar-refractivity contribution in [2.24, 2.45) is 0 Å². The fraction of sp³-hybridized carbons (Fsp3) is 1.00. The van der Waals surface area contributed by atoms with Gasteiger partial charge in [0.1, 0.15) is 0 Å². The van der Waals surface area contributed by atoms with Gasteiger partial charge < -0.3 is 20.0 Å². The zero-order valence-electron chi connectivity index (χ0n) is 16.1. The smallest absolute Gasteiger partial charge is 0.0783 e. The summed E-state index contributed by atoms with van der Waals surface area (Å²) in [7, 11) is 0. The van der Waals surface area contributed by atoms with E-state index in [4.69, 9.17) is 5.11 Å². The molecule has 0 radical (unpaired) electrons. The van der Waals surface area contributed by atoms with E-state index < -0.39 is 6.10 Å². The molecule has 0 aromatic rings. The molecule has 0 spiro atoms. The summed E-state index contributed by atoms with van der Waals surface area (Å²) in [5.74, 6) is 0. The van der Waals surface area contributed by atoms with Crippen molar-refractivity contribution in [1.82, 2.24) is 9.80 Å². The fourth-order valence-corrected chi connectivity index (χ4v) is 3.48. The van der Waals surface area contributed by atoms with Gasteiger partial charge in [0.05, 0.1) is 12.7 Å². The van der Waals surface area contributed by atoms with Gasteiger partial charge in [-0.2, -0.15) is 0 Å². The lowest BCUT2D eigenvalue weighted by Crippen LogP contribution is -2.47. The van der Waals surface area contributed by atoms with E-state index in [1.165, 1.54) is 70.8 Å². The number of aliphatic hydroxyl groups is 2. The van der Waals surface area contributed by atoms with E-state index in [1.807, 2.05) is 0 Å². The van der Waals surface area contributed by atoms with Gasteiger partial charge >= 0.3 is 0 Å². The molecule has 0 aliphatic carbocycles. The highest BCUT2D eigenvalue weighted by Gasteiger charge is 2.16. The first-order valence-electron chi connectivity index (χ1n) is 10.5. The zero-order chi connectivity index (χ0) is 17.5. The van der Waals surface area contributed by atoms with Crippen LogP contribution in [0.2, 0.25) is 0 Å². The Morgan fingerprint density at radius 1 is 0.708 bits per heavy atom. The molecule has 0 bridgehead atoms. The highest BCUT2D eigenvalue weighted by molar-refractivity contribution is 4.72. The van der Waals surface area contributed by atoms with Gasteiger partial charge in [0, 0.05) is 32.7 Å². The first-order chi connectivity index (χ1) is 11.8. The van der Waals surface area contributed by atoms with E-state index in [2.05, 4.69) is 16.7 Å². The van der Waals surface area contributed by atoms with Gasteiger partial charge in [-0.25, -0.2) is 0 Å². The second-order valence-electron chi connectivity index (χ2n) is 7.49. The molecule has 0 aromatic carbocycles. The second-order valence-corrected chi connectivity index (χ2v) is 7.49. The van der Waals surface area contributed by atoms with Crippen LogP contribution in [0.1, 0.15) is 77.6 Å². The summed E-state index contributed by atoms with van der Waals surface area (Å²) in [5.41, 5.74) is 0. The van der Waals surface area contributed by atoms with E-state index in [-0.39, 0.29) is 6.61 Å². The predicted octanol–water partition coefficient (Wildman–Crippen LogP) is 3.27. The SMILES string of the molecule is CCCCCCCCCCCCN1CCN(CCC(O)CO)CC1. The molecule has 1 aliphatic heterocycles. The molecular formula is C20H42N2O2. The van der Waals surface area contributed by atoms with Crippen molar-refractivity contribution in [2.75, 3.05) is 45.9 Å². The maximum Gasteiger partial charge on any atom is 0.0783 e. The minimum atomic E-state index is -0.547. The summed E-state index contributed by atoms with van der Waals surface area (Å²) < 4.78 is 0. The number of nitrogens with zero attached hydrogens (tertiary/aromatic N) is 2. The second kappa shape index (κ2) is 15.1.